The highest BCUT2D eigenvalue weighted by Crippen LogP contribution is 2.37. The predicted octanol–water partition coefficient (Wildman–Crippen LogP) is 6.02. The molecule has 0 aliphatic carbocycles. The van der Waals surface area contributed by atoms with E-state index in [1.807, 2.05) is 4.90 Å². The highest BCUT2D eigenvalue weighted by atomic mass is 35.5. The lowest BCUT2D eigenvalue weighted by molar-refractivity contribution is -0.0198. The molecule has 1 aromatic carbocycles. The van der Waals surface area contributed by atoms with Crippen LogP contribution in [0, 0.1) is 30.1 Å². The fraction of sp³-hybridized carbons (Fsp3) is 0.275. The Kier molecular flexibility index (Phi) is 11.3. The Balaban J connectivity index is 1.17. The molecule has 296 valence electrons. The first-order valence-corrected chi connectivity index (χ1v) is 20.6. The molecule has 0 unspecified atom stereocenters. The number of aromatic nitrogens is 5. The van der Waals surface area contributed by atoms with Gasteiger partial charge in [0.05, 0.1) is 50.9 Å². The van der Waals surface area contributed by atoms with Crippen molar-refractivity contribution < 1.29 is 22.0 Å². The number of hydrogen-bond donors (Lipinski definition) is 1. The van der Waals surface area contributed by atoms with E-state index in [0.29, 0.717) is 64.0 Å². The summed E-state index contributed by atoms with van der Waals surface area (Å²) in [7, 11) is -2.38. The number of sulfonamides is 1. The number of alkyl halides is 2. The summed E-state index contributed by atoms with van der Waals surface area (Å²) in [6.07, 6.45) is 6.76. The minimum atomic E-state index is -4.17. The zero-order valence-corrected chi connectivity index (χ0v) is 33.7. The predicted molar refractivity (Wildman–Crippen MR) is 218 cm³/mol. The summed E-state index contributed by atoms with van der Waals surface area (Å²) in [6.45, 7) is 3.11. The van der Waals surface area contributed by atoms with Gasteiger partial charge < -0.3 is 4.90 Å². The van der Waals surface area contributed by atoms with Crippen molar-refractivity contribution in [2.45, 2.75) is 50.1 Å². The fourth-order valence-corrected chi connectivity index (χ4v) is 9.18. The summed E-state index contributed by atoms with van der Waals surface area (Å²) >= 11 is 7.67. The molecule has 6 aromatic rings. The molecule has 1 amide bonds. The lowest BCUT2D eigenvalue weighted by atomic mass is 10.00. The van der Waals surface area contributed by atoms with Crippen LogP contribution in [0.1, 0.15) is 47.1 Å². The Morgan fingerprint density at radius 2 is 1.86 bits per heavy atom. The molecule has 1 N–H and O–H groups in total. The van der Waals surface area contributed by atoms with Gasteiger partial charge in [-0.2, -0.15) is 5.26 Å². The maximum absolute atomic E-state index is 14.1. The van der Waals surface area contributed by atoms with Crippen molar-refractivity contribution in [3.63, 3.8) is 0 Å². The van der Waals surface area contributed by atoms with E-state index in [1.54, 1.807) is 43.1 Å². The van der Waals surface area contributed by atoms with Crippen molar-refractivity contribution in [1.29, 1.82) is 5.26 Å². The number of piperidine rings is 1. The third-order valence-corrected chi connectivity index (χ3v) is 12.4. The molecule has 5 aromatic heterocycles. The van der Waals surface area contributed by atoms with Crippen molar-refractivity contribution in [1.82, 2.24) is 34.1 Å². The molecule has 18 heteroatoms. The molecular formula is C40H34ClF2N9O4S2. The number of nitriles is 1. The highest BCUT2D eigenvalue weighted by molar-refractivity contribution is 7.90. The maximum Gasteiger partial charge on any atom is 0.268 e. The van der Waals surface area contributed by atoms with E-state index in [9.17, 15) is 32.0 Å². The van der Waals surface area contributed by atoms with Gasteiger partial charge in [-0.05, 0) is 56.2 Å². The van der Waals surface area contributed by atoms with E-state index in [1.165, 1.54) is 58.2 Å². The molecule has 1 aliphatic rings. The van der Waals surface area contributed by atoms with Crippen molar-refractivity contribution in [2.75, 3.05) is 31.6 Å². The van der Waals surface area contributed by atoms with Gasteiger partial charge in [0.2, 0.25) is 0 Å². The van der Waals surface area contributed by atoms with Gasteiger partial charge in [-0.25, -0.2) is 31.9 Å². The first kappa shape index (κ1) is 40.4. The van der Waals surface area contributed by atoms with E-state index >= 15 is 0 Å². The van der Waals surface area contributed by atoms with Crippen LogP contribution in [0.2, 0.25) is 5.02 Å². The fourth-order valence-electron chi connectivity index (χ4n) is 7.02. The van der Waals surface area contributed by atoms with Gasteiger partial charge in [0.15, 0.2) is 0 Å². The zero-order valence-electron chi connectivity index (χ0n) is 31.3. The lowest BCUT2D eigenvalue weighted by Crippen LogP contribution is -2.46. The molecule has 1 fully saturated rings. The van der Waals surface area contributed by atoms with Gasteiger partial charge in [0.25, 0.3) is 27.4 Å². The molecule has 58 heavy (non-hydrogen) atoms. The Morgan fingerprint density at radius 1 is 1.12 bits per heavy atom. The molecule has 13 nitrogen and oxygen atoms in total. The summed E-state index contributed by atoms with van der Waals surface area (Å²) in [5.41, 5.74) is 2.04. The summed E-state index contributed by atoms with van der Waals surface area (Å²) in [6, 6.07) is 11.5. The smallest absolute Gasteiger partial charge is 0.268 e. The number of halogens is 3. The van der Waals surface area contributed by atoms with Crippen LogP contribution in [-0.4, -0.2) is 82.4 Å². The van der Waals surface area contributed by atoms with Crippen LogP contribution in [0.4, 0.5) is 14.6 Å². The number of thiophene rings is 1. The average molecular weight is 842 g/mol. The number of fused-ring (bicyclic) bond motifs is 2. The topological polar surface area (TPSA) is 167 Å². The Hall–Kier alpha value is -5.85. The second-order valence-corrected chi connectivity index (χ2v) is 16.9. The van der Waals surface area contributed by atoms with Crippen LogP contribution in [0.15, 0.2) is 76.3 Å². The van der Waals surface area contributed by atoms with Gasteiger partial charge in [-0.15, -0.1) is 11.3 Å². The number of nitrogens with zero attached hydrogens (tertiary/aromatic N) is 8. The largest absolute Gasteiger partial charge is 0.355 e. The van der Waals surface area contributed by atoms with E-state index in [2.05, 4.69) is 42.6 Å². The molecule has 0 saturated carbocycles. The van der Waals surface area contributed by atoms with Gasteiger partial charge >= 0.3 is 0 Å². The van der Waals surface area contributed by atoms with Crippen LogP contribution < -0.4 is 15.2 Å². The number of benzene rings is 1. The molecule has 0 radical (unpaired) electrons. The third-order valence-electron chi connectivity index (χ3n) is 9.84. The van der Waals surface area contributed by atoms with Crippen molar-refractivity contribution in [3.8, 4) is 29.0 Å². The van der Waals surface area contributed by atoms with Crippen LogP contribution in [0.5, 0.6) is 0 Å². The standard InChI is InChI=1S/C40H34ClF2N9O4S2/c1-24-48-33-21-47-37(50(3)27-11-17-51(18-12-27)23-40(2,42)43)31(20-44)34(33)39(54)52(24)16-4-5-25-6-7-26(41)19-30(25)29-10-15-46-35-32(22-57-36(29)35)38(53)49-58(55,56)28-8-13-45-14-9-28/h6-10,13-15,19,21-22,27H,11-12,16-18,23H2,1-3H3,(H,49,53). The van der Waals surface area contributed by atoms with Crippen molar-refractivity contribution in [2.24, 2.45) is 0 Å². The highest BCUT2D eigenvalue weighted by Gasteiger charge is 2.31. The van der Waals surface area contributed by atoms with Gasteiger partial charge in [-0.1, -0.05) is 23.4 Å². The number of carbonyl (C=O) groups excluding carboxylic acids is 1. The second-order valence-electron chi connectivity index (χ2n) is 13.9. The van der Waals surface area contributed by atoms with Crippen LogP contribution >= 0.6 is 22.9 Å². The molecule has 0 atom stereocenters. The number of nitrogens with one attached hydrogen (secondary N) is 1. The third kappa shape index (κ3) is 8.25. The Labute approximate surface area is 341 Å². The maximum atomic E-state index is 14.1. The number of anilines is 1. The SMILES string of the molecule is Cc1nc2cnc(N(C)C3CCN(CC(C)(F)F)CC3)c(C#N)c2c(=O)n1CC#Cc1ccc(Cl)cc1-c1ccnc2c(C(=O)NS(=O)(=O)c3ccncc3)csc12. The molecule has 7 rings (SSSR count). The lowest BCUT2D eigenvalue weighted by Gasteiger charge is -2.38. The van der Waals surface area contributed by atoms with E-state index in [-0.39, 0.29) is 51.6 Å². The second kappa shape index (κ2) is 16.2. The number of likely N-dealkylation sites (tertiary alicyclic amines) is 1. The quantitative estimate of drug-likeness (QED) is 0.169. The van der Waals surface area contributed by atoms with Crippen molar-refractivity contribution in [3.05, 3.63) is 104 Å². The van der Waals surface area contributed by atoms with E-state index < -0.39 is 27.4 Å². The van der Waals surface area contributed by atoms with Gasteiger partial charge in [0.1, 0.15) is 23.3 Å². The van der Waals surface area contributed by atoms with Crippen LogP contribution in [-0.2, 0) is 16.6 Å². The summed E-state index contributed by atoms with van der Waals surface area (Å²) < 4.78 is 57.0. The summed E-state index contributed by atoms with van der Waals surface area (Å²) in [5.74, 6) is 3.25. The Morgan fingerprint density at radius 3 is 2.57 bits per heavy atom. The van der Waals surface area contributed by atoms with Crippen LogP contribution in [0.3, 0.4) is 0 Å². The van der Waals surface area contributed by atoms with Gasteiger partial charge in [0, 0.05) is 78.8 Å². The van der Waals surface area contributed by atoms with Crippen LogP contribution in [0.25, 0.3) is 32.2 Å². The average Bonchev–Trinajstić information content (AvgIpc) is 3.64. The number of aryl methyl sites for hydroxylation is 1. The normalized spacial score (nSPS) is 13.9. The number of carbonyl (C=O) groups is 1. The van der Waals surface area contributed by atoms with Gasteiger partial charge in [-0.3, -0.25) is 29.0 Å². The first-order valence-electron chi connectivity index (χ1n) is 17.9. The number of amides is 1. The number of hydrogen-bond acceptors (Lipinski definition) is 12. The zero-order chi connectivity index (χ0) is 41.4. The van der Waals surface area contributed by atoms with E-state index in [4.69, 9.17) is 11.6 Å². The van der Waals surface area contributed by atoms with E-state index in [0.717, 1.165) is 6.92 Å². The molecule has 1 aliphatic heterocycles. The minimum absolute atomic E-state index is 0.0683. The number of rotatable bonds is 9. The van der Waals surface area contributed by atoms with Crippen molar-refractivity contribution >= 4 is 65.8 Å². The Bertz CT molecular complexity index is 2860. The molecule has 0 spiro atoms. The summed E-state index contributed by atoms with van der Waals surface area (Å²) in [4.78, 5) is 48.1. The molecule has 1 saturated heterocycles. The first-order chi connectivity index (χ1) is 27.6. The molecular weight excluding hydrogens is 808 g/mol. The minimum Gasteiger partial charge on any atom is -0.355 e. The molecule has 0 bridgehead atoms. The monoisotopic (exact) mass is 841 g/mol. The number of pyridine rings is 3. The molecule has 6 heterocycles. The summed E-state index contributed by atoms with van der Waals surface area (Å²) in [5, 5.41) is 12.4.